The molecule has 0 bridgehead atoms. The van der Waals surface area contributed by atoms with Gasteiger partial charge in [0, 0.05) is 30.9 Å². The summed E-state index contributed by atoms with van der Waals surface area (Å²) in [4.78, 5) is 26.2. The van der Waals surface area contributed by atoms with Crippen LogP contribution < -0.4 is 5.32 Å². The van der Waals surface area contributed by atoms with Crippen LogP contribution in [-0.2, 0) is 16.6 Å². The molecule has 0 aromatic heterocycles. The zero-order valence-corrected chi connectivity index (χ0v) is 13.9. The molecule has 136 valence electrons. The smallest absolute Gasteiger partial charge is 0.372 e. The van der Waals surface area contributed by atoms with Crippen molar-refractivity contribution < 1.29 is 27.9 Å². The molecule has 1 aliphatic heterocycles. The third kappa shape index (κ3) is 2.62. The molecular weight excluding hydrogens is 349 g/mol. The predicted octanol–water partition coefficient (Wildman–Crippen LogP) is 2.60. The Kier molecular flexibility index (Phi) is 4.03. The number of nitrogens with one attached hydrogen (secondary N) is 1. The van der Waals surface area contributed by atoms with Gasteiger partial charge in [-0.25, -0.2) is 0 Å². The Morgan fingerprint density at radius 2 is 1.81 bits per heavy atom. The van der Waals surface area contributed by atoms with Crippen LogP contribution in [0.1, 0.15) is 27.0 Å². The molecular formula is C18H15F3N2O3. The normalized spacial score (nSPS) is 19.1. The van der Waals surface area contributed by atoms with Gasteiger partial charge in [-0.15, -0.1) is 0 Å². The molecule has 1 unspecified atom stereocenters. The minimum absolute atomic E-state index is 0.0331. The molecule has 26 heavy (non-hydrogen) atoms. The number of fused-ring (bicyclic) bond motifs is 1. The number of rotatable bonds is 2. The number of benzene rings is 2. The van der Waals surface area contributed by atoms with Gasteiger partial charge in [0.25, 0.3) is 11.8 Å². The summed E-state index contributed by atoms with van der Waals surface area (Å²) in [6.45, 7) is 0. The molecule has 3 rings (SSSR count). The number of halogens is 3. The third-order valence-electron chi connectivity index (χ3n) is 4.25. The van der Waals surface area contributed by atoms with E-state index < -0.39 is 29.2 Å². The largest absolute Gasteiger partial charge is 0.416 e. The first-order chi connectivity index (χ1) is 12.1. The maximum atomic E-state index is 13.0. The first-order valence-electron chi connectivity index (χ1n) is 7.63. The Morgan fingerprint density at radius 1 is 1.15 bits per heavy atom. The van der Waals surface area contributed by atoms with Gasteiger partial charge in [-0.05, 0) is 29.8 Å². The van der Waals surface area contributed by atoms with Crippen LogP contribution in [0.15, 0.2) is 42.5 Å². The van der Waals surface area contributed by atoms with Gasteiger partial charge in [-0.1, -0.05) is 18.2 Å². The predicted molar refractivity (Wildman–Crippen MR) is 87.5 cm³/mol. The Hall–Kier alpha value is -2.87. The van der Waals surface area contributed by atoms with Crippen molar-refractivity contribution in [3.63, 3.8) is 0 Å². The van der Waals surface area contributed by atoms with Crippen LogP contribution in [0, 0.1) is 0 Å². The van der Waals surface area contributed by atoms with Crippen molar-refractivity contribution in [2.24, 2.45) is 0 Å². The lowest BCUT2D eigenvalue weighted by molar-refractivity contribution is -0.138. The second-order valence-electron chi connectivity index (χ2n) is 6.17. The molecule has 0 radical (unpaired) electrons. The summed E-state index contributed by atoms with van der Waals surface area (Å²) in [5.41, 5.74) is -3.50. The van der Waals surface area contributed by atoms with Crippen molar-refractivity contribution in [3.8, 4) is 0 Å². The number of nitrogens with zero attached hydrogens (tertiary/aromatic N) is 1. The zero-order valence-electron chi connectivity index (χ0n) is 13.9. The van der Waals surface area contributed by atoms with Crippen molar-refractivity contribution in [1.29, 1.82) is 0 Å². The number of aliphatic hydroxyl groups is 1. The topological polar surface area (TPSA) is 69.6 Å². The first-order valence-corrected chi connectivity index (χ1v) is 7.63. The summed E-state index contributed by atoms with van der Waals surface area (Å²) in [6, 6.07) is 8.31. The Bertz CT molecular complexity index is 909. The average molecular weight is 364 g/mol. The highest BCUT2D eigenvalue weighted by Crippen LogP contribution is 2.44. The van der Waals surface area contributed by atoms with E-state index in [1.807, 2.05) is 0 Å². The second-order valence-corrected chi connectivity index (χ2v) is 6.17. The molecule has 0 saturated carbocycles. The summed E-state index contributed by atoms with van der Waals surface area (Å²) >= 11 is 0. The van der Waals surface area contributed by atoms with Crippen LogP contribution >= 0.6 is 0 Å². The molecule has 8 heteroatoms. The molecule has 2 aromatic rings. The third-order valence-corrected chi connectivity index (χ3v) is 4.25. The number of hydrogen-bond donors (Lipinski definition) is 2. The Balaban J connectivity index is 2.25. The summed E-state index contributed by atoms with van der Waals surface area (Å²) < 4.78 is 39.1. The molecule has 0 aliphatic carbocycles. The van der Waals surface area contributed by atoms with Crippen LogP contribution in [0.3, 0.4) is 0 Å². The lowest BCUT2D eigenvalue weighted by atomic mass is 9.83. The highest BCUT2D eigenvalue weighted by molar-refractivity contribution is 6.11. The van der Waals surface area contributed by atoms with Gasteiger partial charge in [0.05, 0.1) is 5.56 Å². The van der Waals surface area contributed by atoms with Gasteiger partial charge in [0.2, 0.25) is 0 Å². The number of carbonyl (C=O) groups is 2. The van der Waals surface area contributed by atoms with Crippen molar-refractivity contribution in [3.05, 3.63) is 64.7 Å². The van der Waals surface area contributed by atoms with Crippen molar-refractivity contribution >= 4 is 17.5 Å². The minimum atomic E-state index is -4.64. The lowest BCUT2D eigenvalue weighted by Crippen LogP contribution is -2.37. The molecule has 2 amide bonds. The van der Waals surface area contributed by atoms with E-state index in [2.05, 4.69) is 5.32 Å². The molecule has 1 heterocycles. The highest BCUT2D eigenvalue weighted by Gasteiger charge is 2.50. The average Bonchev–Trinajstić information content (AvgIpc) is 2.85. The first kappa shape index (κ1) is 17.9. The number of hydrogen-bond acceptors (Lipinski definition) is 3. The lowest BCUT2D eigenvalue weighted by Gasteiger charge is -2.25. The van der Waals surface area contributed by atoms with Gasteiger partial charge < -0.3 is 15.3 Å². The SMILES string of the molecule is CN(C)C(=O)c1cccc2c1C(O)(c1cccc(C(F)(F)F)c1)C(=O)N2. The highest BCUT2D eigenvalue weighted by atomic mass is 19.4. The molecule has 5 nitrogen and oxygen atoms in total. The van der Waals surface area contributed by atoms with Crippen molar-refractivity contribution in [2.45, 2.75) is 11.8 Å². The number of carbonyl (C=O) groups excluding carboxylic acids is 2. The van der Waals surface area contributed by atoms with E-state index in [0.29, 0.717) is 6.07 Å². The van der Waals surface area contributed by atoms with E-state index in [-0.39, 0.29) is 22.4 Å². The molecule has 2 aromatic carbocycles. The van der Waals surface area contributed by atoms with Gasteiger partial charge in [-0.3, -0.25) is 9.59 Å². The van der Waals surface area contributed by atoms with Gasteiger partial charge in [0.15, 0.2) is 5.60 Å². The quantitative estimate of drug-likeness (QED) is 0.861. The molecule has 1 aliphatic rings. The fraction of sp³-hybridized carbons (Fsp3) is 0.222. The summed E-state index contributed by atoms with van der Waals surface area (Å²) in [5, 5.41) is 13.6. The van der Waals surface area contributed by atoms with Crippen LogP contribution in [0.2, 0.25) is 0 Å². The fourth-order valence-corrected chi connectivity index (χ4v) is 2.99. The van der Waals surface area contributed by atoms with E-state index in [1.54, 1.807) is 0 Å². The second kappa shape index (κ2) is 5.84. The Labute approximate surface area is 147 Å². The van der Waals surface area contributed by atoms with Gasteiger partial charge in [0.1, 0.15) is 0 Å². The minimum Gasteiger partial charge on any atom is -0.372 e. The summed E-state index contributed by atoms with van der Waals surface area (Å²) in [5.74, 6) is -1.39. The molecule has 0 saturated heterocycles. The van der Waals surface area contributed by atoms with Crippen molar-refractivity contribution in [1.82, 2.24) is 4.90 Å². The molecule has 2 N–H and O–H groups in total. The van der Waals surface area contributed by atoms with E-state index in [9.17, 15) is 27.9 Å². The molecule has 0 fully saturated rings. The van der Waals surface area contributed by atoms with Crippen LogP contribution in [0.4, 0.5) is 18.9 Å². The van der Waals surface area contributed by atoms with Crippen molar-refractivity contribution in [2.75, 3.05) is 19.4 Å². The van der Waals surface area contributed by atoms with E-state index in [4.69, 9.17) is 0 Å². The van der Waals surface area contributed by atoms with E-state index >= 15 is 0 Å². The summed E-state index contributed by atoms with van der Waals surface area (Å²) in [7, 11) is 2.99. The monoisotopic (exact) mass is 364 g/mol. The number of amides is 2. The zero-order chi connectivity index (χ0) is 19.3. The van der Waals surface area contributed by atoms with Gasteiger partial charge >= 0.3 is 6.18 Å². The number of anilines is 1. The van der Waals surface area contributed by atoms with Crippen LogP contribution in [0.5, 0.6) is 0 Å². The maximum absolute atomic E-state index is 13.0. The van der Waals surface area contributed by atoms with E-state index in [0.717, 1.165) is 12.1 Å². The van der Waals surface area contributed by atoms with Crippen LogP contribution in [-0.4, -0.2) is 35.9 Å². The molecule has 0 spiro atoms. The maximum Gasteiger partial charge on any atom is 0.416 e. The summed E-state index contributed by atoms with van der Waals surface area (Å²) in [6.07, 6.45) is -4.64. The standard InChI is InChI=1S/C18H15F3N2O3/c1-23(2)15(24)12-7-4-8-13-14(12)17(26,16(25)22-13)10-5-3-6-11(9-10)18(19,20)21/h3-9,26H,1-2H3,(H,22,25). The van der Waals surface area contributed by atoms with Crippen LogP contribution in [0.25, 0.3) is 0 Å². The number of alkyl halides is 3. The fourth-order valence-electron chi connectivity index (χ4n) is 2.99. The Morgan fingerprint density at radius 3 is 2.42 bits per heavy atom. The van der Waals surface area contributed by atoms with E-state index in [1.165, 1.54) is 43.3 Å². The molecule has 1 atom stereocenters. The van der Waals surface area contributed by atoms with Gasteiger partial charge in [-0.2, -0.15) is 13.2 Å².